The highest BCUT2D eigenvalue weighted by atomic mass is 19.1. The topological polar surface area (TPSA) is 39.2 Å². The Hall–Kier alpha value is -2.75. The van der Waals surface area contributed by atoms with Crippen molar-refractivity contribution in [1.82, 2.24) is 4.98 Å². The van der Waals surface area contributed by atoms with Crippen LogP contribution in [0.5, 0.6) is 5.75 Å². The van der Waals surface area contributed by atoms with Gasteiger partial charge in [-0.2, -0.15) is 0 Å². The van der Waals surface area contributed by atoms with E-state index in [1.807, 2.05) is 30.3 Å². The lowest BCUT2D eigenvalue weighted by atomic mass is 10.1. The van der Waals surface area contributed by atoms with Crippen molar-refractivity contribution in [2.75, 3.05) is 0 Å². The van der Waals surface area contributed by atoms with E-state index in [0.29, 0.717) is 6.29 Å². The molecule has 3 rings (SSSR count). The van der Waals surface area contributed by atoms with Crippen molar-refractivity contribution in [3.8, 4) is 5.75 Å². The van der Waals surface area contributed by atoms with Crippen molar-refractivity contribution in [3.05, 3.63) is 71.7 Å². The van der Waals surface area contributed by atoms with E-state index in [1.165, 1.54) is 12.1 Å². The van der Waals surface area contributed by atoms with Crippen LogP contribution < -0.4 is 4.74 Å². The summed E-state index contributed by atoms with van der Waals surface area (Å²) in [7, 11) is 0. The Morgan fingerprint density at radius 3 is 2.81 bits per heavy atom. The lowest BCUT2D eigenvalue weighted by molar-refractivity contribution is 0.112. The van der Waals surface area contributed by atoms with Gasteiger partial charge < -0.3 is 4.74 Å². The zero-order valence-electron chi connectivity index (χ0n) is 11.1. The maximum Gasteiger partial charge on any atom is 0.165 e. The first kappa shape index (κ1) is 13.2. The number of nitrogens with zero attached hydrogens (tertiary/aromatic N) is 1. The zero-order chi connectivity index (χ0) is 14.7. The van der Waals surface area contributed by atoms with Gasteiger partial charge in [0.1, 0.15) is 12.9 Å². The van der Waals surface area contributed by atoms with Gasteiger partial charge in [0.25, 0.3) is 0 Å². The van der Waals surface area contributed by atoms with E-state index in [1.54, 1.807) is 6.20 Å². The van der Waals surface area contributed by atoms with E-state index in [-0.39, 0.29) is 17.9 Å². The Labute approximate surface area is 121 Å². The number of fused-ring (bicyclic) bond motifs is 1. The van der Waals surface area contributed by atoms with Gasteiger partial charge in [0.2, 0.25) is 0 Å². The number of hydrogen-bond donors (Lipinski definition) is 0. The van der Waals surface area contributed by atoms with Crippen LogP contribution in [0, 0.1) is 5.82 Å². The van der Waals surface area contributed by atoms with Gasteiger partial charge in [-0.1, -0.05) is 18.2 Å². The van der Waals surface area contributed by atoms with Crippen molar-refractivity contribution < 1.29 is 13.9 Å². The average Bonchev–Trinajstić information content (AvgIpc) is 2.53. The first-order valence-electron chi connectivity index (χ1n) is 6.48. The average molecular weight is 281 g/mol. The van der Waals surface area contributed by atoms with E-state index < -0.39 is 5.82 Å². The maximum atomic E-state index is 13.8. The molecule has 2 aromatic carbocycles. The van der Waals surface area contributed by atoms with Crippen LogP contribution in [-0.4, -0.2) is 11.3 Å². The van der Waals surface area contributed by atoms with E-state index in [9.17, 15) is 9.18 Å². The van der Waals surface area contributed by atoms with E-state index in [4.69, 9.17) is 4.74 Å². The van der Waals surface area contributed by atoms with Gasteiger partial charge in [0.05, 0.1) is 5.52 Å². The number of carbonyl (C=O) groups excluding carboxylic acids is 1. The fourth-order valence-corrected chi connectivity index (χ4v) is 2.14. The molecule has 0 N–H and O–H groups in total. The quantitative estimate of drug-likeness (QED) is 0.683. The molecule has 0 radical (unpaired) electrons. The molecule has 3 aromatic rings. The minimum absolute atomic E-state index is 0.126. The van der Waals surface area contributed by atoms with Crippen LogP contribution in [0.3, 0.4) is 0 Å². The number of para-hydroxylation sites is 1. The monoisotopic (exact) mass is 281 g/mol. The molecule has 21 heavy (non-hydrogen) atoms. The van der Waals surface area contributed by atoms with Crippen molar-refractivity contribution >= 4 is 17.2 Å². The van der Waals surface area contributed by atoms with Crippen LogP contribution >= 0.6 is 0 Å². The third-order valence-electron chi connectivity index (χ3n) is 3.21. The molecule has 0 fully saturated rings. The molecule has 3 nitrogen and oxygen atoms in total. The second kappa shape index (κ2) is 5.71. The SMILES string of the molecule is O=Cc1ccc(OCc2ccnc3ccccc23)c(F)c1. The van der Waals surface area contributed by atoms with Crippen molar-refractivity contribution in [2.45, 2.75) is 6.61 Å². The van der Waals surface area contributed by atoms with Gasteiger partial charge >= 0.3 is 0 Å². The van der Waals surface area contributed by atoms with Gasteiger partial charge in [-0.15, -0.1) is 0 Å². The van der Waals surface area contributed by atoms with E-state index >= 15 is 0 Å². The van der Waals surface area contributed by atoms with Crippen LogP contribution in [0.2, 0.25) is 0 Å². The Morgan fingerprint density at radius 2 is 2.00 bits per heavy atom. The molecule has 0 aliphatic heterocycles. The molecule has 0 aliphatic rings. The molecule has 0 spiro atoms. The Kier molecular flexibility index (Phi) is 3.60. The number of aromatic nitrogens is 1. The summed E-state index contributed by atoms with van der Waals surface area (Å²) in [6.45, 7) is 0.236. The number of pyridine rings is 1. The highest BCUT2D eigenvalue weighted by Gasteiger charge is 2.07. The predicted molar refractivity (Wildman–Crippen MR) is 77.9 cm³/mol. The minimum Gasteiger partial charge on any atom is -0.486 e. The Balaban J connectivity index is 1.85. The standard InChI is InChI=1S/C17H12FNO2/c18-15-9-12(10-20)5-6-17(15)21-11-13-7-8-19-16-4-2-1-3-14(13)16/h1-10H,11H2. The molecular formula is C17H12FNO2. The third kappa shape index (κ3) is 2.74. The van der Waals surface area contributed by atoms with Crippen LogP contribution in [0.25, 0.3) is 10.9 Å². The molecule has 0 bridgehead atoms. The van der Waals surface area contributed by atoms with Crippen molar-refractivity contribution in [3.63, 3.8) is 0 Å². The molecule has 0 unspecified atom stereocenters. The molecule has 104 valence electrons. The molecule has 0 aliphatic carbocycles. The first-order chi connectivity index (χ1) is 10.3. The van der Waals surface area contributed by atoms with Crippen LogP contribution in [0.1, 0.15) is 15.9 Å². The highest BCUT2D eigenvalue weighted by Crippen LogP contribution is 2.21. The predicted octanol–water partition coefficient (Wildman–Crippen LogP) is 3.77. The maximum absolute atomic E-state index is 13.8. The molecule has 0 amide bonds. The minimum atomic E-state index is -0.544. The van der Waals surface area contributed by atoms with E-state index in [0.717, 1.165) is 22.5 Å². The number of hydrogen-bond acceptors (Lipinski definition) is 3. The summed E-state index contributed by atoms with van der Waals surface area (Å²) in [5.41, 5.74) is 2.09. The fourth-order valence-electron chi connectivity index (χ4n) is 2.14. The number of benzene rings is 2. The van der Waals surface area contributed by atoms with Gasteiger partial charge in [0.15, 0.2) is 11.6 Å². The second-order valence-corrected chi connectivity index (χ2v) is 4.58. The van der Waals surface area contributed by atoms with Gasteiger partial charge in [0, 0.05) is 22.7 Å². The molecule has 0 saturated carbocycles. The molecule has 0 atom stereocenters. The molecular weight excluding hydrogens is 269 g/mol. The fraction of sp³-hybridized carbons (Fsp3) is 0.0588. The number of halogens is 1. The smallest absolute Gasteiger partial charge is 0.165 e. The molecule has 0 saturated heterocycles. The van der Waals surface area contributed by atoms with Crippen molar-refractivity contribution in [2.24, 2.45) is 0 Å². The molecule has 1 aromatic heterocycles. The summed E-state index contributed by atoms with van der Waals surface area (Å²) >= 11 is 0. The number of ether oxygens (including phenoxy) is 1. The van der Waals surface area contributed by atoms with Crippen LogP contribution in [0.15, 0.2) is 54.7 Å². The Morgan fingerprint density at radius 1 is 1.14 bits per heavy atom. The van der Waals surface area contributed by atoms with Crippen molar-refractivity contribution in [1.29, 1.82) is 0 Å². The van der Waals surface area contributed by atoms with Crippen LogP contribution in [-0.2, 0) is 6.61 Å². The molecule has 4 heteroatoms. The van der Waals surface area contributed by atoms with Gasteiger partial charge in [-0.05, 0) is 30.3 Å². The largest absolute Gasteiger partial charge is 0.486 e. The summed E-state index contributed by atoms with van der Waals surface area (Å²) in [5, 5.41) is 0.977. The Bertz CT molecular complexity index is 796. The lowest BCUT2D eigenvalue weighted by Gasteiger charge is -2.09. The highest BCUT2D eigenvalue weighted by molar-refractivity contribution is 5.81. The third-order valence-corrected chi connectivity index (χ3v) is 3.21. The second-order valence-electron chi connectivity index (χ2n) is 4.58. The van der Waals surface area contributed by atoms with Gasteiger partial charge in [-0.25, -0.2) is 4.39 Å². The number of rotatable bonds is 4. The first-order valence-corrected chi connectivity index (χ1v) is 6.48. The zero-order valence-corrected chi connectivity index (χ0v) is 11.1. The van der Waals surface area contributed by atoms with E-state index in [2.05, 4.69) is 4.98 Å². The summed E-state index contributed by atoms with van der Waals surface area (Å²) < 4.78 is 19.3. The van der Waals surface area contributed by atoms with Crippen LogP contribution in [0.4, 0.5) is 4.39 Å². The number of aldehydes is 1. The summed E-state index contributed by atoms with van der Waals surface area (Å²) in [6.07, 6.45) is 2.30. The summed E-state index contributed by atoms with van der Waals surface area (Å²) in [5.74, 6) is -0.417. The normalized spacial score (nSPS) is 10.5. The molecule has 1 heterocycles. The summed E-state index contributed by atoms with van der Waals surface area (Å²) in [4.78, 5) is 14.8. The lowest BCUT2D eigenvalue weighted by Crippen LogP contribution is -1.99. The number of carbonyl (C=O) groups is 1. The van der Waals surface area contributed by atoms with Gasteiger partial charge in [-0.3, -0.25) is 9.78 Å². The summed E-state index contributed by atoms with van der Waals surface area (Å²) in [6, 6.07) is 13.7.